The van der Waals surface area contributed by atoms with Crippen LogP contribution in [0.5, 0.6) is 0 Å². The van der Waals surface area contributed by atoms with Gasteiger partial charge in [-0.1, -0.05) is 30.3 Å². The molecular weight excluding hydrogens is 435 g/mol. The van der Waals surface area contributed by atoms with Crippen molar-refractivity contribution >= 4 is 15.5 Å². The monoisotopic (exact) mass is 466 g/mol. The first-order valence-electron chi connectivity index (χ1n) is 11.3. The van der Waals surface area contributed by atoms with Crippen LogP contribution in [0.1, 0.15) is 27.8 Å². The molecule has 0 fully saturated rings. The lowest BCUT2D eigenvalue weighted by Crippen LogP contribution is -2.20. The predicted octanol–water partition coefficient (Wildman–Crippen LogP) is 4.65. The Kier molecular flexibility index (Phi) is 6.59. The molecule has 6 heteroatoms. The van der Waals surface area contributed by atoms with Gasteiger partial charge in [0.2, 0.25) is 9.84 Å². The van der Waals surface area contributed by atoms with Crippen molar-refractivity contribution in [3.8, 4) is 0 Å². The lowest BCUT2D eigenvalue weighted by atomic mass is 10.0. The third kappa shape index (κ3) is 4.82. The van der Waals surface area contributed by atoms with Crippen molar-refractivity contribution in [2.45, 2.75) is 36.0 Å². The standard InChI is InChI=1S/C27H31FN2O2S/c1-19-6-5-7-23(27(19)28)16-20-8-10-24(11-9-20)33(31,32)26-18-22-13-15-30(4)14-12-21(22)17-25(26)29(2)3/h5-11,17-18H,12-16H2,1-4H3. The van der Waals surface area contributed by atoms with Gasteiger partial charge in [0.15, 0.2) is 0 Å². The van der Waals surface area contributed by atoms with Gasteiger partial charge >= 0.3 is 0 Å². The number of nitrogens with zero attached hydrogens (tertiary/aromatic N) is 2. The number of halogens is 1. The van der Waals surface area contributed by atoms with E-state index in [1.54, 1.807) is 43.3 Å². The minimum Gasteiger partial charge on any atom is -0.377 e. The Morgan fingerprint density at radius 2 is 1.61 bits per heavy atom. The van der Waals surface area contributed by atoms with Gasteiger partial charge in [0.1, 0.15) is 5.82 Å². The van der Waals surface area contributed by atoms with Crippen molar-refractivity contribution in [2.75, 3.05) is 39.1 Å². The molecule has 3 aromatic carbocycles. The van der Waals surface area contributed by atoms with Crippen molar-refractivity contribution in [1.82, 2.24) is 4.90 Å². The van der Waals surface area contributed by atoms with E-state index in [1.807, 2.05) is 37.2 Å². The summed E-state index contributed by atoms with van der Waals surface area (Å²) in [6.07, 6.45) is 2.17. The van der Waals surface area contributed by atoms with Gasteiger partial charge in [0.05, 0.1) is 15.5 Å². The summed E-state index contributed by atoms with van der Waals surface area (Å²) >= 11 is 0. The van der Waals surface area contributed by atoms with E-state index in [9.17, 15) is 12.8 Å². The molecule has 0 spiro atoms. The molecule has 4 nitrogen and oxygen atoms in total. The maximum absolute atomic E-state index is 14.4. The van der Waals surface area contributed by atoms with E-state index in [2.05, 4.69) is 11.9 Å². The lowest BCUT2D eigenvalue weighted by Gasteiger charge is -2.21. The first kappa shape index (κ1) is 23.5. The van der Waals surface area contributed by atoms with Gasteiger partial charge in [-0.25, -0.2) is 12.8 Å². The number of hydrogen-bond acceptors (Lipinski definition) is 4. The van der Waals surface area contributed by atoms with Gasteiger partial charge in [-0.15, -0.1) is 0 Å². The first-order chi connectivity index (χ1) is 15.7. The van der Waals surface area contributed by atoms with Crippen LogP contribution in [-0.2, 0) is 29.1 Å². The molecule has 0 atom stereocenters. The summed E-state index contributed by atoms with van der Waals surface area (Å²) in [6.45, 7) is 3.63. The molecule has 33 heavy (non-hydrogen) atoms. The highest BCUT2D eigenvalue weighted by molar-refractivity contribution is 7.91. The molecule has 0 bridgehead atoms. The highest BCUT2D eigenvalue weighted by Gasteiger charge is 2.25. The maximum atomic E-state index is 14.4. The van der Waals surface area contributed by atoms with Gasteiger partial charge in [-0.05, 0) is 78.9 Å². The molecule has 0 amide bonds. The maximum Gasteiger partial charge on any atom is 0.208 e. The van der Waals surface area contributed by atoms with Gasteiger partial charge in [-0.2, -0.15) is 0 Å². The molecule has 0 unspecified atom stereocenters. The SMILES string of the molecule is Cc1cccc(Cc2ccc(S(=O)(=O)c3cc4c(cc3N(C)C)CCN(C)CC4)cc2)c1F. The Bertz CT molecular complexity index is 1270. The zero-order chi connectivity index (χ0) is 23.8. The molecule has 0 saturated carbocycles. The number of aryl methyl sites for hydroxylation is 1. The fourth-order valence-electron chi connectivity index (χ4n) is 4.40. The summed E-state index contributed by atoms with van der Waals surface area (Å²) in [5.74, 6) is -0.208. The van der Waals surface area contributed by atoms with Crippen molar-refractivity contribution in [2.24, 2.45) is 0 Å². The Morgan fingerprint density at radius 3 is 2.24 bits per heavy atom. The summed E-state index contributed by atoms with van der Waals surface area (Å²) in [4.78, 5) is 4.74. The molecule has 4 rings (SSSR count). The van der Waals surface area contributed by atoms with E-state index in [4.69, 9.17) is 0 Å². The second-order valence-electron chi connectivity index (χ2n) is 9.16. The molecule has 174 valence electrons. The highest BCUT2D eigenvalue weighted by Crippen LogP contribution is 2.34. The average molecular weight is 467 g/mol. The van der Waals surface area contributed by atoms with Crippen molar-refractivity contribution in [1.29, 1.82) is 0 Å². The number of benzene rings is 3. The van der Waals surface area contributed by atoms with Crippen LogP contribution in [-0.4, -0.2) is 47.6 Å². The number of hydrogen-bond donors (Lipinski definition) is 0. The third-order valence-electron chi connectivity index (χ3n) is 6.48. The minimum absolute atomic E-state index is 0.208. The van der Waals surface area contributed by atoms with E-state index in [1.165, 1.54) is 5.56 Å². The lowest BCUT2D eigenvalue weighted by molar-refractivity contribution is 0.352. The van der Waals surface area contributed by atoms with Gasteiger partial charge in [-0.3, -0.25) is 0 Å². The van der Waals surface area contributed by atoms with Crippen LogP contribution in [0.4, 0.5) is 10.1 Å². The predicted molar refractivity (Wildman–Crippen MR) is 132 cm³/mol. The van der Waals surface area contributed by atoms with Crippen LogP contribution in [0.2, 0.25) is 0 Å². The third-order valence-corrected chi connectivity index (χ3v) is 8.28. The summed E-state index contributed by atoms with van der Waals surface area (Å²) in [5, 5.41) is 0. The van der Waals surface area contributed by atoms with E-state index in [-0.39, 0.29) is 10.7 Å². The van der Waals surface area contributed by atoms with Gasteiger partial charge in [0.25, 0.3) is 0 Å². The van der Waals surface area contributed by atoms with Crippen LogP contribution in [0, 0.1) is 12.7 Å². The van der Waals surface area contributed by atoms with E-state index in [0.29, 0.717) is 28.1 Å². The molecule has 1 aliphatic heterocycles. The first-order valence-corrected chi connectivity index (χ1v) is 12.7. The fourth-order valence-corrected chi connectivity index (χ4v) is 5.96. The summed E-state index contributed by atoms with van der Waals surface area (Å²) in [6, 6.07) is 16.1. The topological polar surface area (TPSA) is 40.6 Å². The van der Waals surface area contributed by atoms with Gasteiger partial charge < -0.3 is 9.80 Å². The quantitative estimate of drug-likeness (QED) is 0.549. The molecule has 0 radical (unpaired) electrons. The van der Waals surface area contributed by atoms with Crippen LogP contribution in [0.3, 0.4) is 0 Å². The van der Waals surface area contributed by atoms with Crippen molar-refractivity contribution in [3.05, 3.63) is 88.2 Å². The smallest absolute Gasteiger partial charge is 0.208 e. The van der Waals surface area contributed by atoms with Crippen LogP contribution in [0.15, 0.2) is 64.4 Å². The molecule has 1 heterocycles. The van der Waals surface area contributed by atoms with Crippen LogP contribution in [0.25, 0.3) is 0 Å². The van der Waals surface area contributed by atoms with E-state index in [0.717, 1.165) is 37.1 Å². The zero-order valence-electron chi connectivity index (χ0n) is 19.7. The number of rotatable bonds is 5. The number of sulfone groups is 1. The van der Waals surface area contributed by atoms with E-state index >= 15 is 0 Å². The van der Waals surface area contributed by atoms with E-state index < -0.39 is 9.84 Å². The number of likely N-dealkylation sites (N-methyl/N-ethyl adjacent to an activating group) is 1. The van der Waals surface area contributed by atoms with Crippen LogP contribution < -0.4 is 4.90 Å². The second-order valence-corrected chi connectivity index (χ2v) is 11.1. The fraction of sp³-hybridized carbons (Fsp3) is 0.333. The normalized spacial score (nSPS) is 14.6. The molecule has 0 aromatic heterocycles. The average Bonchev–Trinajstić information content (AvgIpc) is 2.97. The Hall–Kier alpha value is -2.70. The molecular formula is C27H31FN2O2S. The summed E-state index contributed by atoms with van der Waals surface area (Å²) in [7, 11) is 2.15. The number of anilines is 1. The zero-order valence-corrected chi connectivity index (χ0v) is 20.5. The Labute approximate surface area is 196 Å². The van der Waals surface area contributed by atoms with Gasteiger partial charge in [0, 0.05) is 33.6 Å². The Morgan fingerprint density at radius 1 is 0.970 bits per heavy atom. The molecule has 0 saturated heterocycles. The van der Waals surface area contributed by atoms with Crippen molar-refractivity contribution < 1.29 is 12.8 Å². The largest absolute Gasteiger partial charge is 0.377 e. The minimum atomic E-state index is -3.71. The summed E-state index contributed by atoms with van der Waals surface area (Å²) in [5.41, 5.74) is 5.13. The molecule has 1 aliphatic rings. The van der Waals surface area contributed by atoms with Crippen molar-refractivity contribution in [3.63, 3.8) is 0 Å². The Balaban J connectivity index is 1.69. The highest BCUT2D eigenvalue weighted by atomic mass is 32.2. The molecule has 0 aliphatic carbocycles. The van der Waals surface area contributed by atoms with Crippen LogP contribution >= 0.6 is 0 Å². The molecule has 3 aromatic rings. The summed E-state index contributed by atoms with van der Waals surface area (Å²) < 4.78 is 41.7. The molecule has 0 N–H and O–H groups in total. The second kappa shape index (κ2) is 9.27. The number of fused-ring (bicyclic) bond motifs is 1.